The first-order valence-electron chi connectivity index (χ1n) is 6.79. The third-order valence-electron chi connectivity index (χ3n) is 3.43. The molecule has 100 valence electrons. The van der Waals surface area contributed by atoms with Gasteiger partial charge in [0, 0.05) is 0 Å². The Balaban J connectivity index is 2.30. The molecule has 0 aliphatic rings. The van der Waals surface area contributed by atoms with Crippen molar-refractivity contribution < 1.29 is 0 Å². The molecule has 19 heavy (non-hydrogen) atoms. The lowest BCUT2D eigenvalue weighted by Crippen LogP contribution is -1.96. The molecule has 0 heterocycles. The first kappa shape index (κ1) is 14.1. The number of hydrogen-bond acceptors (Lipinski definition) is 0. The minimum absolute atomic E-state index is 0.0696. The van der Waals surface area contributed by atoms with E-state index in [1.54, 1.807) is 0 Å². The molecule has 0 saturated carbocycles. The summed E-state index contributed by atoms with van der Waals surface area (Å²) in [5.41, 5.74) is 6.22. The van der Waals surface area contributed by atoms with Gasteiger partial charge in [0.15, 0.2) is 0 Å². The second-order valence-electron chi connectivity index (χ2n) is 5.60. The standard InChI is InChI=1S/C18H21Cl/c1-12(2)15-5-7-16(8-6-15)18(19)17-10-13(3)9-14(4)11-17/h5-12,18H,1-4H3. The molecule has 2 aromatic rings. The van der Waals surface area contributed by atoms with E-state index >= 15 is 0 Å². The molecule has 0 aromatic heterocycles. The molecule has 0 spiro atoms. The van der Waals surface area contributed by atoms with Gasteiger partial charge in [-0.25, -0.2) is 0 Å². The summed E-state index contributed by atoms with van der Waals surface area (Å²) >= 11 is 6.61. The highest BCUT2D eigenvalue weighted by Gasteiger charge is 2.12. The molecule has 1 atom stereocenters. The van der Waals surface area contributed by atoms with Crippen LogP contribution in [-0.4, -0.2) is 0 Å². The highest BCUT2D eigenvalue weighted by molar-refractivity contribution is 6.22. The molecule has 0 N–H and O–H groups in total. The summed E-state index contributed by atoms with van der Waals surface area (Å²) in [6, 6.07) is 15.2. The van der Waals surface area contributed by atoms with Crippen LogP contribution in [0, 0.1) is 13.8 Å². The lowest BCUT2D eigenvalue weighted by molar-refractivity contribution is 0.865. The minimum Gasteiger partial charge on any atom is -0.113 e. The van der Waals surface area contributed by atoms with Crippen molar-refractivity contribution in [2.75, 3.05) is 0 Å². The number of halogens is 1. The summed E-state index contributed by atoms with van der Waals surface area (Å²) in [7, 11) is 0. The molecule has 1 unspecified atom stereocenters. The molecule has 0 saturated heterocycles. The SMILES string of the molecule is Cc1cc(C)cc(C(Cl)c2ccc(C(C)C)cc2)c1. The quantitative estimate of drug-likeness (QED) is 0.624. The molecule has 0 radical (unpaired) electrons. The summed E-state index contributed by atoms with van der Waals surface area (Å²) in [5.74, 6) is 0.559. The van der Waals surface area contributed by atoms with E-state index in [0.29, 0.717) is 5.92 Å². The molecule has 0 aliphatic carbocycles. The van der Waals surface area contributed by atoms with Gasteiger partial charge in [-0.2, -0.15) is 0 Å². The summed E-state index contributed by atoms with van der Waals surface area (Å²) in [6.07, 6.45) is 0. The van der Waals surface area contributed by atoms with Gasteiger partial charge in [0.05, 0.1) is 5.38 Å². The Morgan fingerprint density at radius 2 is 1.21 bits per heavy atom. The van der Waals surface area contributed by atoms with Crippen molar-refractivity contribution in [2.45, 2.75) is 39.0 Å². The Labute approximate surface area is 121 Å². The summed E-state index contributed by atoms with van der Waals surface area (Å²) in [4.78, 5) is 0. The van der Waals surface area contributed by atoms with Crippen LogP contribution in [0.1, 0.15) is 53.0 Å². The predicted molar refractivity (Wildman–Crippen MR) is 84.1 cm³/mol. The highest BCUT2D eigenvalue weighted by Crippen LogP contribution is 2.30. The first-order valence-corrected chi connectivity index (χ1v) is 7.23. The Hall–Kier alpha value is -1.27. The van der Waals surface area contributed by atoms with Crippen LogP contribution in [0.5, 0.6) is 0 Å². The fraction of sp³-hybridized carbons (Fsp3) is 0.333. The van der Waals surface area contributed by atoms with Crippen molar-refractivity contribution in [3.63, 3.8) is 0 Å². The van der Waals surface area contributed by atoms with Crippen LogP contribution in [0.4, 0.5) is 0 Å². The predicted octanol–water partition coefficient (Wildman–Crippen LogP) is 5.76. The van der Waals surface area contributed by atoms with Gasteiger partial charge in [0.25, 0.3) is 0 Å². The average molecular weight is 273 g/mol. The van der Waals surface area contributed by atoms with Crippen molar-refractivity contribution in [1.82, 2.24) is 0 Å². The zero-order valence-corrected chi connectivity index (χ0v) is 12.8. The number of hydrogen-bond donors (Lipinski definition) is 0. The second kappa shape index (κ2) is 5.79. The molecule has 1 heteroatoms. The molecular weight excluding hydrogens is 252 g/mol. The normalized spacial score (nSPS) is 12.7. The van der Waals surface area contributed by atoms with Crippen LogP contribution in [0.2, 0.25) is 0 Å². The molecule has 2 rings (SSSR count). The van der Waals surface area contributed by atoms with Crippen molar-refractivity contribution in [1.29, 1.82) is 0 Å². The van der Waals surface area contributed by atoms with Gasteiger partial charge >= 0.3 is 0 Å². The van der Waals surface area contributed by atoms with Gasteiger partial charge in [-0.05, 0) is 36.5 Å². The largest absolute Gasteiger partial charge is 0.113 e. The topological polar surface area (TPSA) is 0 Å². The maximum Gasteiger partial charge on any atom is 0.0835 e. The van der Waals surface area contributed by atoms with Crippen molar-refractivity contribution >= 4 is 11.6 Å². The Morgan fingerprint density at radius 1 is 0.737 bits per heavy atom. The van der Waals surface area contributed by atoms with E-state index in [4.69, 9.17) is 11.6 Å². The van der Waals surface area contributed by atoms with Gasteiger partial charge in [0.2, 0.25) is 0 Å². The van der Waals surface area contributed by atoms with Gasteiger partial charge < -0.3 is 0 Å². The smallest absolute Gasteiger partial charge is 0.0835 e. The van der Waals surface area contributed by atoms with Crippen molar-refractivity contribution in [3.05, 3.63) is 70.3 Å². The van der Waals surface area contributed by atoms with Gasteiger partial charge in [-0.1, -0.05) is 67.4 Å². The van der Waals surface area contributed by atoms with Gasteiger partial charge in [0.1, 0.15) is 0 Å². The number of rotatable bonds is 3. The fourth-order valence-electron chi connectivity index (χ4n) is 2.40. The fourth-order valence-corrected chi connectivity index (χ4v) is 2.67. The van der Waals surface area contributed by atoms with Crippen molar-refractivity contribution in [3.8, 4) is 0 Å². The Bertz CT molecular complexity index is 532. The third-order valence-corrected chi connectivity index (χ3v) is 3.94. The number of benzene rings is 2. The summed E-state index contributed by atoms with van der Waals surface area (Å²) in [5, 5.41) is -0.0696. The van der Waals surface area contributed by atoms with Crippen LogP contribution < -0.4 is 0 Å². The highest BCUT2D eigenvalue weighted by atomic mass is 35.5. The van der Waals surface area contributed by atoms with E-state index in [9.17, 15) is 0 Å². The third kappa shape index (κ3) is 3.39. The lowest BCUT2D eigenvalue weighted by atomic mass is 9.97. The number of alkyl halides is 1. The van der Waals surface area contributed by atoms with E-state index < -0.39 is 0 Å². The van der Waals surface area contributed by atoms with E-state index in [1.807, 2.05) is 0 Å². The molecule has 2 aromatic carbocycles. The Morgan fingerprint density at radius 3 is 1.68 bits per heavy atom. The van der Waals surface area contributed by atoms with E-state index in [-0.39, 0.29) is 5.38 Å². The molecule has 0 fully saturated rings. The molecular formula is C18H21Cl. The van der Waals surface area contributed by atoms with Crippen LogP contribution in [0.15, 0.2) is 42.5 Å². The van der Waals surface area contributed by atoms with Crippen molar-refractivity contribution in [2.24, 2.45) is 0 Å². The van der Waals surface area contributed by atoms with Crippen LogP contribution in [-0.2, 0) is 0 Å². The Kier molecular flexibility index (Phi) is 4.31. The molecule has 0 aliphatic heterocycles. The van der Waals surface area contributed by atoms with Crippen LogP contribution in [0.25, 0.3) is 0 Å². The summed E-state index contributed by atoms with van der Waals surface area (Å²) in [6.45, 7) is 8.64. The molecule has 0 bridgehead atoms. The van der Waals surface area contributed by atoms with E-state index in [1.165, 1.54) is 22.3 Å². The van der Waals surface area contributed by atoms with E-state index in [0.717, 1.165) is 5.56 Å². The maximum absolute atomic E-state index is 6.61. The minimum atomic E-state index is -0.0696. The number of aryl methyl sites for hydroxylation is 2. The summed E-state index contributed by atoms with van der Waals surface area (Å²) < 4.78 is 0. The maximum atomic E-state index is 6.61. The zero-order chi connectivity index (χ0) is 14.0. The zero-order valence-electron chi connectivity index (χ0n) is 12.1. The van der Waals surface area contributed by atoms with Gasteiger partial charge in [-0.3, -0.25) is 0 Å². The average Bonchev–Trinajstić information content (AvgIpc) is 2.37. The monoisotopic (exact) mass is 272 g/mol. The molecule has 0 nitrogen and oxygen atoms in total. The van der Waals surface area contributed by atoms with Crippen LogP contribution >= 0.6 is 11.6 Å². The second-order valence-corrected chi connectivity index (χ2v) is 6.04. The molecule has 0 amide bonds. The lowest BCUT2D eigenvalue weighted by Gasteiger charge is -2.14. The van der Waals surface area contributed by atoms with Gasteiger partial charge in [-0.15, -0.1) is 11.6 Å². The van der Waals surface area contributed by atoms with Crippen LogP contribution in [0.3, 0.4) is 0 Å². The first-order chi connectivity index (χ1) is 8.97. The van der Waals surface area contributed by atoms with E-state index in [2.05, 4.69) is 70.2 Å².